The Bertz CT molecular complexity index is 1200. The zero-order chi connectivity index (χ0) is 18.4. The second kappa shape index (κ2) is 5.85. The fourth-order valence-electron chi connectivity index (χ4n) is 3.36. The van der Waals surface area contributed by atoms with Crippen LogP contribution in [0.1, 0.15) is 27.0 Å². The Balaban J connectivity index is 2.07. The minimum Gasteiger partial charge on any atom is -0.478 e. The fraction of sp³-hybridized carbons (Fsp3) is 0.0909. The Morgan fingerprint density at radius 3 is 2.62 bits per heavy atom. The number of hydrogen-bond donors (Lipinski definition) is 1. The monoisotopic (exact) mass is 343 g/mol. The summed E-state index contributed by atoms with van der Waals surface area (Å²) in [5, 5.41) is 11.3. The number of fused-ring (bicyclic) bond motifs is 2. The van der Waals surface area contributed by atoms with E-state index in [1.807, 2.05) is 44.2 Å². The number of carbonyl (C=O) groups is 1. The quantitative estimate of drug-likeness (QED) is 0.525. The van der Waals surface area contributed by atoms with Gasteiger partial charge in [0.25, 0.3) is 0 Å². The molecule has 0 bridgehead atoms. The zero-order valence-corrected chi connectivity index (χ0v) is 14.5. The van der Waals surface area contributed by atoms with Gasteiger partial charge in [-0.2, -0.15) is 0 Å². The van der Waals surface area contributed by atoms with Gasteiger partial charge in [-0.05, 0) is 49.2 Å². The molecule has 0 aliphatic heterocycles. The third-order valence-electron chi connectivity index (χ3n) is 4.67. The number of hydrogen-bond acceptors (Lipinski definition) is 3. The molecule has 0 aliphatic carbocycles. The van der Waals surface area contributed by atoms with E-state index < -0.39 is 5.97 Å². The number of para-hydroxylation sites is 1. The minimum atomic E-state index is -0.993. The molecular weight excluding hydrogens is 326 g/mol. The maximum atomic E-state index is 11.9. The molecule has 26 heavy (non-hydrogen) atoms. The van der Waals surface area contributed by atoms with Gasteiger partial charge in [-0.15, -0.1) is 0 Å². The number of rotatable bonds is 3. The first kappa shape index (κ1) is 16.1. The number of carboxylic acids is 1. The van der Waals surface area contributed by atoms with E-state index >= 15 is 0 Å². The summed E-state index contributed by atoms with van der Waals surface area (Å²) < 4.78 is 5.98. The van der Waals surface area contributed by atoms with Gasteiger partial charge < -0.3 is 9.52 Å². The second-order valence-corrected chi connectivity index (χ2v) is 6.35. The van der Waals surface area contributed by atoms with Crippen LogP contribution in [0.5, 0.6) is 0 Å². The summed E-state index contributed by atoms with van der Waals surface area (Å²) >= 11 is 0. The topological polar surface area (TPSA) is 63.3 Å². The number of aromatic carboxylic acids is 1. The number of aromatic nitrogens is 1. The highest BCUT2D eigenvalue weighted by Gasteiger charge is 2.19. The van der Waals surface area contributed by atoms with Crippen molar-refractivity contribution in [2.75, 3.05) is 0 Å². The first-order valence-corrected chi connectivity index (χ1v) is 8.29. The van der Waals surface area contributed by atoms with Crippen LogP contribution in [0.15, 0.2) is 53.5 Å². The molecule has 0 atom stereocenters. The SMILES string of the molecule is C=Cc1cc(C)c2nc(-c3oc4ccccc4c3C)cc(C(=O)O)c2c1. The maximum Gasteiger partial charge on any atom is 0.336 e. The highest BCUT2D eigenvalue weighted by Crippen LogP contribution is 2.34. The summed E-state index contributed by atoms with van der Waals surface area (Å²) in [5.41, 5.74) is 4.86. The molecule has 0 fully saturated rings. The first-order chi connectivity index (χ1) is 12.5. The summed E-state index contributed by atoms with van der Waals surface area (Å²) in [4.78, 5) is 16.6. The van der Waals surface area contributed by atoms with E-state index in [1.54, 1.807) is 18.2 Å². The number of nitrogens with zero attached hydrogens (tertiary/aromatic N) is 1. The van der Waals surface area contributed by atoms with Gasteiger partial charge in [0.05, 0.1) is 11.1 Å². The molecule has 128 valence electrons. The summed E-state index contributed by atoms with van der Waals surface area (Å²) in [6, 6.07) is 13.1. The molecule has 2 heterocycles. The lowest BCUT2D eigenvalue weighted by Crippen LogP contribution is -2.01. The average Bonchev–Trinajstić information content (AvgIpc) is 2.98. The second-order valence-electron chi connectivity index (χ2n) is 6.35. The Morgan fingerprint density at radius 2 is 1.92 bits per heavy atom. The van der Waals surface area contributed by atoms with E-state index in [4.69, 9.17) is 9.40 Å². The molecule has 2 aromatic heterocycles. The highest BCUT2D eigenvalue weighted by atomic mass is 16.4. The molecule has 0 unspecified atom stereocenters. The lowest BCUT2D eigenvalue weighted by Gasteiger charge is -2.09. The van der Waals surface area contributed by atoms with Gasteiger partial charge in [0.2, 0.25) is 0 Å². The van der Waals surface area contributed by atoms with Crippen molar-refractivity contribution in [2.24, 2.45) is 0 Å². The summed E-state index contributed by atoms with van der Waals surface area (Å²) in [6.45, 7) is 7.65. The van der Waals surface area contributed by atoms with Gasteiger partial charge in [-0.1, -0.05) is 30.9 Å². The van der Waals surface area contributed by atoms with Crippen LogP contribution in [-0.2, 0) is 0 Å². The molecule has 4 rings (SSSR count). The van der Waals surface area contributed by atoms with Gasteiger partial charge >= 0.3 is 5.97 Å². The van der Waals surface area contributed by atoms with Crippen LogP contribution in [0, 0.1) is 13.8 Å². The number of carboxylic acid groups (broad SMARTS) is 1. The van der Waals surface area contributed by atoms with Crippen LogP contribution in [0.3, 0.4) is 0 Å². The van der Waals surface area contributed by atoms with E-state index in [-0.39, 0.29) is 5.56 Å². The fourth-order valence-corrected chi connectivity index (χ4v) is 3.36. The minimum absolute atomic E-state index is 0.205. The number of pyridine rings is 1. The first-order valence-electron chi connectivity index (χ1n) is 8.29. The molecule has 4 aromatic rings. The molecule has 0 radical (unpaired) electrons. The largest absolute Gasteiger partial charge is 0.478 e. The van der Waals surface area contributed by atoms with Crippen molar-refractivity contribution < 1.29 is 14.3 Å². The van der Waals surface area contributed by atoms with Crippen LogP contribution in [0.4, 0.5) is 0 Å². The van der Waals surface area contributed by atoms with Gasteiger partial charge in [0, 0.05) is 16.3 Å². The third-order valence-corrected chi connectivity index (χ3v) is 4.67. The van der Waals surface area contributed by atoms with Crippen LogP contribution in [0.25, 0.3) is 39.4 Å². The van der Waals surface area contributed by atoms with Crippen molar-refractivity contribution in [3.63, 3.8) is 0 Å². The number of furan rings is 1. The van der Waals surface area contributed by atoms with Crippen molar-refractivity contribution in [1.82, 2.24) is 4.98 Å². The Hall–Kier alpha value is -3.40. The van der Waals surface area contributed by atoms with Crippen LogP contribution in [0.2, 0.25) is 0 Å². The molecule has 1 N–H and O–H groups in total. The van der Waals surface area contributed by atoms with E-state index in [9.17, 15) is 9.90 Å². The van der Waals surface area contributed by atoms with Gasteiger partial charge in [0.15, 0.2) is 5.76 Å². The van der Waals surface area contributed by atoms with Crippen LogP contribution in [-0.4, -0.2) is 16.1 Å². The van der Waals surface area contributed by atoms with E-state index in [2.05, 4.69) is 6.58 Å². The van der Waals surface area contributed by atoms with Crippen molar-refractivity contribution in [3.05, 3.63) is 71.3 Å². The Morgan fingerprint density at radius 1 is 1.15 bits per heavy atom. The van der Waals surface area contributed by atoms with Crippen LogP contribution < -0.4 is 0 Å². The van der Waals surface area contributed by atoms with Crippen molar-refractivity contribution in [2.45, 2.75) is 13.8 Å². The maximum absolute atomic E-state index is 11.9. The molecule has 2 aromatic carbocycles. The molecule has 0 saturated heterocycles. The molecule has 4 nitrogen and oxygen atoms in total. The van der Waals surface area contributed by atoms with Crippen molar-refractivity contribution >= 4 is 33.9 Å². The lowest BCUT2D eigenvalue weighted by molar-refractivity contribution is 0.0699. The average molecular weight is 343 g/mol. The zero-order valence-electron chi connectivity index (χ0n) is 14.5. The molecule has 0 spiro atoms. The van der Waals surface area contributed by atoms with Crippen LogP contribution >= 0.6 is 0 Å². The summed E-state index contributed by atoms with van der Waals surface area (Å²) in [6.07, 6.45) is 1.70. The lowest BCUT2D eigenvalue weighted by atomic mass is 10.00. The standard InChI is InChI=1S/C22H17NO3/c1-4-14-9-12(2)20-16(10-14)17(22(24)25)11-18(23-20)21-13(3)15-7-5-6-8-19(15)26-21/h4-11H,1H2,2-3H3,(H,24,25). The predicted molar refractivity (Wildman–Crippen MR) is 103 cm³/mol. The smallest absolute Gasteiger partial charge is 0.336 e. The van der Waals surface area contributed by atoms with E-state index in [0.29, 0.717) is 22.4 Å². The van der Waals surface area contributed by atoms with Gasteiger partial charge in [-0.25, -0.2) is 9.78 Å². The molecule has 0 saturated carbocycles. The van der Waals surface area contributed by atoms with Gasteiger partial charge in [-0.3, -0.25) is 0 Å². The van der Waals surface area contributed by atoms with Crippen molar-refractivity contribution in [1.29, 1.82) is 0 Å². The Labute approximate surface area is 150 Å². The molecular formula is C22H17NO3. The molecule has 0 amide bonds. The number of benzene rings is 2. The predicted octanol–water partition coefficient (Wildman–Crippen LogP) is 5.61. The van der Waals surface area contributed by atoms with Crippen molar-refractivity contribution in [3.8, 4) is 11.5 Å². The molecule has 0 aliphatic rings. The van der Waals surface area contributed by atoms with Gasteiger partial charge in [0.1, 0.15) is 11.3 Å². The summed E-state index contributed by atoms with van der Waals surface area (Å²) in [7, 11) is 0. The number of aryl methyl sites for hydroxylation is 2. The third kappa shape index (κ3) is 2.39. The molecule has 4 heteroatoms. The normalized spacial score (nSPS) is 11.2. The Kier molecular flexibility index (Phi) is 3.62. The highest BCUT2D eigenvalue weighted by molar-refractivity contribution is 6.05. The van der Waals surface area contributed by atoms with E-state index in [1.165, 1.54) is 0 Å². The summed E-state index contributed by atoms with van der Waals surface area (Å²) in [5.74, 6) is -0.393. The van der Waals surface area contributed by atoms with E-state index in [0.717, 1.165) is 27.7 Å².